The number of hydrogen-bond donors (Lipinski definition) is 2. The molecule has 1 aromatic heterocycles. The fraction of sp³-hybridized carbons (Fsp3) is 0.400. The van der Waals surface area contributed by atoms with E-state index >= 15 is 0 Å². The van der Waals surface area contributed by atoms with Crippen molar-refractivity contribution >= 4 is 0 Å². The summed E-state index contributed by atoms with van der Waals surface area (Å²) in [6.45, 7) is 3.05. The summed E-state index contributed by atoms with van der Waals surface area (Å²) in [5.41, 5.74) is 1.12. The molecule has 20 heavy (non-hydrogen) atoms. The highest BCUT2D eigenvalue weighted by Crippen LogP contribution is 2.00. The van der Waals surface area contributed by atoms with Gasteiger partial charge in [0.05, 0.1) is 25.6 Å². The van der Waals surface area contributed by atoms with Gasteiger partial charge in [-0.1, -0.05) is 30.3 Å². The van der Waals surface area contributed by atoms with Crippen LogP contribution in [0.5, 0.6) is 0 Å². The zero-order valence-electron chi connectivity index (χ0n) is 11.5. The largest absolute Gasteiger partial charge is 0.389 e. The molecule has 0 saturated heterocycles. The number of aliphatic hydroxyl groups is 1. The van der Waals surface area contributed by atoms with Gasteiger partial charge in [-0.25, -0.2) is 4.98 Å². The van der Waals surface area contributed by atoms with Gasteiger partial charge in [0.2, 0.25) is 0 Å². The van der Waals surface area contributed by atoms with Gasteiger partial charge in [0.15, 0.2) is 0 Å². The average Bonchev–Trinajstić information content (AvgIpc) is 2.98. The number of aliphatic hydroxyl groups excluding tert-OH is 1. The van der Waals surface area contributed by atoms with Gasteiger partial charge in [0.25, 0.3) is 0 Å². The number of nitrogens with one attached hydrogen (secondary N) is 1. The first-order chi connectivity index (χ1) is 9.84. The highest BCUT2D eigenvalue weighted by molar-refractivity contribution is 5.13. The minimum absolute atomic E-state index is 0.340. The van der Waals surface area contributed by atoms with Crippen LogP contribution in [0.3, 0.4) is 0 Å². The molecule has 5 heteroatoms. The Balaban J connectivity index is 1.51. The van der Waals surface area contributed by atoms with Crippen molar-refractivity contribution in [2.75, 3.05) is 19.7 Å². The van der Waals surface area contributed by atoms with Crippen molar-refractivity contribution in [3.63, 3.8) is 0 Å². The van der Waals surface area contributed by atoms with E-state index in [9.17, 15) is 5.11 Å². The van der Waals surface area contributed by atoms with Crippen LogP contribution in [0.4, 0.5) is 0 Å². The van der Waals surface area contributed by atoms with Crippen molar-refractivity contribution in [2.24, 2.45) is 0 Å². The minimum atomic E-state index is -0.485. The number of ether oxygens (including phenoxy) is 1. The van der Waals surface area contributed by atoms with E-state index in [4.69, 9.17) is 4.74 Å². The van der Waals surface area contributed by atoms with Gasteiger partial charge >= 0.3 is 0 Å². The Morgan fingerprint density at radius 1 is 1.30 bits per heavy atom. The van der Waals surface area contributed by atoms with Crippen LogP contribution in [0.25, 0.3) is 0 Å². The molecule has 1 unspecified atom stereocenters. The maximum atomic E-state index is 9.78. The third-order valence-corrected chi connectivity index (χ3v) is 2.91. The molecule has 0 bridgehead atoms. The minimum Gasteiger partial charge on any atom is -0.389 e. The number of aromatic nitrogens is 2. The topological polar surface area (TPSA) is 59.3 Å². The second kappa shape index (κ2) is 8.47. The molecule has 0 aliphatic rings. The summed E-state index contributed by atoms with van der Waals surface area (Å²) < 4.78 is 7.47. The predicted octanol–water partition coefficient (Wildman–Crippen LogP) is 1.05. The lowest BCUT2D eigenvalue weighted by Crippen LogP contribution is -2.32. The Morgan fingerprint density at radius 2 is 2.15 bits per heavy atom. The number of benzene rings is 1. The van der Waals surface area contributed by atoms with Crippen LogP contribution in [0, 0.1) is 0 Å². The lowest BCUT2D eigenvalue weighted by Gasteiger charge is -2.12. The van der Waals surface area contributed by atoms with Crippen LogP contribution >= 0.6 is 0 Å². The Bertz CT molecular complexity index is 459. The molecule has 0 radical (unpaired) electrons. The smallest absolute Gasteiger partial charge is 0.0946 e. The molecule has 0 aliphatic heterocycles. The number of nitrogens with zero attached hydrogens (tertiary/aromatic N) is 2. The molecule has 1 heterocycles. The van der Waals surface area contributed by atoms with Crippen molar-refractivity contribution < 1.29 is 9.84 Å². The summed E-state index contributed by atoms with van der Waals surface area (Å²) >= 11 is 0. The Labute approximate surface area is 119 Å². The van der Waals surface area contributed by atoms with E-state index in [-0.39, 0.29) is 0 Å². The molecule has 0 aliphatic carbocycles. The molecule has 0 spiro atoms. The quantitative estimate of drug-likeness (QED) is 0.672. The van der Waals surface area contributed by atoms with Gasteiger partial charge in [-0.3, -0.25) is 0 Å². The molecule has 5 nitrogen and oxygen atoms in total. The normalized spacial score (nSPS) is 12.4. The van der Waals surface area contributed by atoms with Gasteiger partial charge in [-0.2, -0.15) is 0 Å². The van der Waals surface area contributed by atoms with Crippen molar-refractivity contribution in [3.8, 4) is 0 Å². The third-order valence-electron chi connectivity index (χ3n) is 2.91. The Morgan fingerprint density at radius 3 is 2.90 bits per heavy atom. The van der Waals surface area contributed by atoms with Crippen LogP contribution in [-0.2, 0) is 17.9 Å². The van der Waals surface area contributed by atoms with E-state index in [1.54, 1.807) is 12.5 Å². The SMILES string of the molecule is OC(CNCCn1ccnc1)COCc1ccccc1. The van der Waals surface area contributed by atoms with Gasteiger partial charge in [0, 0.05) is 32.0 Å². The maximum absolute atomic E-state index is 9.78. The zero-order valence-corrected chi connectivity index (χ0v) is 11.5. The molecule has 2 N–H and O–H groups in total. The Kier molecular flexibility index (Phi) is 6.23. The first-order valence-electron chi connectivity index (χ1n) is 6.81. The van der Waals surface area contributed by atoms with E-state index in [0.29, 0.717) is 19.8 Å². The molecule has 108 valence electrons. The van der Waals surface area contributed by atoms with Crippen LogP contribution < -0.4 is 5.32 Å². The lowest BCUT2D eigenvalue weighted by molar-refractivity contribution is 0.0289. The molecule has 1 aromatic carbocycles. The molecular weight excluding hydrogens is 254 g/mol. The highest BCUT2D eigenvalue weighted by atomic mass is 16.5. The molecular formula is C15H21N3O2. The third kappa shape index (κ3) is 5.52. The van der Waals surface area contributed by atoms with E-state index < -0.39 is 6.10 Å². The van der Waals surface area contributed by atoms with Crippen molar-refractivity contribution in [1.82, 2.24) is 14.9 Å². The van der Waals surface area contributed by atoms with E-state index in [1.165, 1.54) is 0 Å². The highest BCUT2D eigenvalue weighted by Gasteiger charge is 2.03. The van der Waals surface area contributed by atoms with E-state index in [0.717, 1.165) is 18.7 Å². The summed E-state index contributed by atoms with van der Waals surface area (Å²) in [6, 6.07) is 9.95. The average molecular weight is 275 g/mol. The number of hydrogen-bond acceptors (Lipinski definition) is 4. The summed E-state index contributed by atoms with van der Waals surface area (Å²) in [4.78, 5) is 3.97. The van der Waals surface area contributed by atoms with E-state index in [1.807, 2.05) is 41.1 Å². The van der Waals surface area contributed by atoms with Crippen molar-refractivity contribution in [3.05, 3.63) is 54.6 Å². The fourth-order valence-corrected chi connectivity index (χ4v) is 1.84. The second-order valence-corrected chi connectivity index (χ2v) is 4.66. The standard InChI is InChI=1S/C15H21N3O2/c19-15(10-16-6-8-18-9-7-17-13-18)12-20-11-14-4-2-1-3-5-14/h1-5,7,9,13,15-16,19H,6,8,10-12H2. The van der Waals surface area contributed by atoms with Gasteiger partial charge in [-0.15, -0.1) is 0 Å². The Hall–Kier alpha value is -1.69. The molecule has 0 amide bonds. The summed E-state index contributed by atoms with van der Waals surface area (Å²) in [5.74, 6) is 0. The van der Waals surface area contributed by atoms with Crippen molar-refractivity contribution in [2.45, 2.75) is 19.3 Å². The molecule has 0 saturated carbocycles. The van der Waals surface area contributed by atoms with Gasteiger partial charge in [0.1, 0.15) is 0 Å². The van der Waals surface area contributed by atoms with Crippen LogP contribution in [0.15, 0.2) is 49.1 Å². The maximum Gasteiger partial charge on any atom is 0.0946 e. The summed E-state index contributed by atoms with van der Waals surface area (Å²) in [5, 5.41) is 13.0. The lowest BCUT2D eigenvalue weighted by atomic mass is 10.2. The van der Waals surface area contributed by atoms with Crippen LogP contribution in [0.1, 0.15) is 5.56 Å². The first kappa shape index (κ1) is 14.7. The van der Waals surface area contributed by atoms with E-state index in [2.05, 4.69) is 10.3 Å². The first-order valence-corrected chi connectivity index (χ1v) is 6.81. The monoisotopic (exact) mass is 275 g/mol. The summed E-state index contributed by atoms with van der Waals surface area (Å²) in [6.07, 6.45) is 4.97. The van der Waals surface area contributed by atoms with Gasteiger partial charge in [-0.05, 0) is 5.56 Å². The molecule has 0 fully saturated rings. The van der Waals surface area contributed by atoms with Crippen LogP contribution in [0.2, 0.25) is 0 Å². The zero-order chi connectivity index (χ0) is 14.0. The molecule has 2 aromatic rings. The van der Waals surface area contributed by atoms with Gasteiger partial charge < -0.3 is 19.7 Å². The van der Waals surface area contributed by atoms with Crippen molar-refractivity contribution in [1.29, 1.82) is 0 Å². The fourth-order valence-electron chi connectivity index (χ4n) is 1.84. The number of rotatable bonds is 9. The predicted molar refractivity (Wildman–Crippen MR) is 77.2 cm³/mol. The molecule has 1 atom stereocenters. The van der Waals surface area contributed by atoms with Crippen LogP contribution in [-0.4, -0.2) is 40.5 Å². The second-order valence-electron chi connectivity index (χ2n) is 4.66. The molecule has 2 rings (SSSR count). The summed E-state index contributed by atoms with van der Waals surface area (Å²) in [7, 11) is 0. The number of imidazole rings is 1.